The first kappa shape index (κ1) is 17.3. The number of amides is 1. The minimum Gasteiger partial charge on any atom is -0.316 e. The molecule has 0 bridgehead atoms. The van der Waals surface area contributed by atoms with E-state index in [-0.39, 0.29) is 12.1 Å². The van der Waals surface area contributed by atoms with Crippen LogP contribution in [0.15, 0.2) is 84.9 Å². The van der Waals surface area contributed by atoms with Crippen LogP contribution >= 0.6 is 0 Å². The second-order valence-corrected chi connectivity index (χ2v) is 6.85. The fourth-order valence-corrected chi connectivity index (χ4v) is 3.79. The summed E-state index contributed by atoms with van der Waals surface area (Å²) in [7, 11) is 0. The predicted molar refractivity (Wildman–Crippen MR) is 110 cm³/mol. The summed E-state index contributed by atoms with van der Waals surface area (Å²) in [6, 6.07) is 28.7. The maximum atomic E-state index is 13.2. The second-order valence-electron chi connectivity index (χ2n) is 6.85. The third-order valence-corrected chi connectivity index (χ3v) is 5.09. The Hall–Kier alpha value is -3.07. The van der Waals surface area contributed by atoms with E-state index >= 15 is 0 Å². The molecule has 1 aliphatic heterocycles. The average molecular weight is 356 g/mol. The summed E-state index contributed by atoms with van der Waals surface area (Å²) in [6.45, 7) is 2.92. The first-order valence-electron chi connectivity index (χ1n) is 9.60. The summed E-state index contributed by atoms with van der Waals surface area (Å²) in [5, 5.41) is 0. The number of benzene rings is 3. The molecule has 3 aromatic rings. The number of fused-ring (bicyclic) bond motifs is 1. The lowest BCUT2D eigenvalue weighted by atomic mass is 10.1. The van der Waals surface area contributed by atoms with E-state index in [1.807, 2.05) is 59.5 Å². The van der Waals surface area contributed by atoms with Gasteiger partial charge in [-0.05, 0) is 36.8 Å². The molecule has 0 N–H and O–H groups in total. The summed E-state index contributed by atoms with van der Waals surface area (Å²) < 4.78 is 0. The molecular weight excluding hydrogens is 332 g/mol. The Morgan fingerprint density at radius 2 is 1.37 bits per heavy atom. The van der Waals surface area contributed by atoms with E-state index < -0.39 is 0 Å². The maximum Gasteiger partial charge on any atom is 0.256 e. The first-order chi connectivity index (χ1) is 13.3. The number of carbonyl (C=O) groups is 1. The summed E-state index contributed by atoms with van der Waals surface area (Å²) in [4.78, 5) is 17.5. The summed E-state index contributed by atoms with van der Waals surface area (Å²) in [6.07, 6.45) is 1.92. The van der Waals surface area contributed by atoms with Crippen molar-refractivity contribution in [2.75, 3.05) is 11.4 Å². The van der Waals surface area contributed by atoms with Gasteiger partial charge >= 0.3 is 0 Å². The van der Waals surface area contributed by atoms with Crippen molar-refractivity contribution in [3.63, 3.8) is 0 Å². The highest BCUT2D eigenvalue weighted by atomic mass is 16.2. The van der Waals surface area contributed by atoms with Gasteiger partial charge in [-0.3, -0.25) is 4.79 Å². The molecule has 27 heavy (non-hydrogen) atoms. The Kier molecular flexibility index (Phi) is 4.93. The molecule has 0 fully saturated rings. The van der Waals surface area contributed by atoms with Crippen LogP contribution in [0, 0.1) is 0 Å². The van der Waals surface area contributed by atoms with Crippen molar-refractivity contribution >= 4 is 17.3 Å². The number of para-hydroxylation sites is 2. The highest BCUT2D eigenvalue weighted by Gasteiger charge is 2.40. The molecule has 0 saturated heterocycles. The smallest absolute Gasteiger partial charge is 0.256 e. The third-order valence-electron chi connectivity index (χ3n) is 5.09. The fourth-order valence-electron chi connectivity index (χ4n) is 3.79. The Balaban J connectivity index is 1.87. The summed E-state index contributed by atoms with van der Waals surface area (Å²) in [5.74, 6) is 0.126. The average Bonchev–Trinajstić information content (AvgIpc) is 3.00. The minimum atomic E-state index is -0.134. The lowest BCUT2D eigenvalue weighted by Crippen LogP contribution is -2.38. The zero-order chi connectivity index (χ0) is 18.6. The van der Waals surface area contributed by atoms with E-state index in [0.29, 0.717) is 0 Å². The molecule has 1 heterocycles. The maximum absolute atomic E-state index is 13.2. The molecule has 4 rings (SSSR count). The normalized spacial score (nSPS) is 15.7. The molecule has 0 aromatic heterocycles. The van der Waals surface area contributed by atoms with Crippen molar-refractivity contribution in [2.24, 2.45) is 0 Å². The molecule has 136 valence electrons. The van der Waals surface area contributed by atoms with Crippen LogP contribution in [0.2, 0.25) is 0 Å². The van der Waals surface area contributed by atoms with Gasteiger partial charge < -0.3 is 9.80 Å². The van der Waals surface area contributed by atoms with Crippen LogP contribution in [0.25, 0.3) is 0 Å². The van der Waals surface area contributed by atoms with Gasteiger partial charge in [0.2, 0.25) is 0 Å². The van der Waals surface area contributed by atoms with Crippen molar-refractivity contribution < 1.29 is 4.79 Å². The van der Waals surface area contributed by atoms with Gasteiger partial charge in [-0.1, -0.05) is 67.9 Å². The number of hydrogen-bond acceptors (Lipinski definition) is 2. The van der Waals surface area contributed by atoms with Crippen molar-refractivity contribution in [3.8, 4) is 0 Å². The Labute approximate surface area is 160 Å². The van der Waals surface area contributed by atoms with Gasteiger partial charge in [0.25, 0.3) is 5.91 Å². The van der Waals surface area contributed by atoms with Gasteiger partial charge in [0.05, 0.1) is 0 Å². The zero-order valence-electron chi connectivity index (χ0n) is 15.6. The van der Waals surface area contributed by atoms with Crippen LogP contribution in [0.4, 0.5) is 11.4 Å². The third kappa shape index (κ3) is 3.21. The highest BCUT2D eigenvalue weighted by Crippen LogP contribution is 2.42. The van der Waals surface area contributed by atoms with Gasteiger partial charge in [0.1, 0.15) is 6.17 Å². The lowest BCUT2D eigenvalue weighted by molar-refractivity contribution is 0.0726. The SMILES string of the molecule is CCCCN1C(=O)c2ccccc2[C@@H]1N(c1ccccc1)c1ccccc1. The van der Waals surface area contributed by atoms with Crippen LogP contribution in [-0.2, 0) is 0 Å². The molecule has 0 saturated carbocycles. The van der Waals surface area contributed by atoms with Crippen molar-refractivity contribution in [2.45, 2.75) is 25.9 Å². The van der Waals surface area contributed by atoms with Gasteiger partial charge in [0, 0.05) is 29.0 Å². The Morgan fingerprint density at radius 1 is 0.815 bits per heavy atom. The Bertz CT molecular complexity index is 868. The van der Waals surface area contributed by atoms with Crippen molar-refractivity contribution in [1.29, 1.82) is 0 Å². The monoisotopic (exact) mass is 356 g/mol. The van der Waals surface area contributed by atoms with Gasteiger partial charge in [-0.2, -0.15) is 0 Å². The van der Waals surface area contributed by atoms with Crippen LogP contribution in [0.1, 0.15) is 41.9 Å². The summed E-state index contributed by atoms with van der Waals surface area (Å²) >= 11 is 0. The molecule has 1 amide bonds. The number of rotatable bonds is 6. The van der Waals surface area contributed by atoms with E-state index in [0.717, 1.165) is 41.9 Å². The molecule has 3 heteroatoms. The molecule has 3 aromatic carbocycles. The number of anilines is 2. The molecular formula is C24H24N2O. The fraction of sp³-hybridized carbons (Fsp3) is 0.208. The van der Waals surface area contributed by atoms with E-state index in [1.165, 1.54) is 0 Å². The highest BCUT2D eigenvalue weighted by molar-refractivity contribution is 6.00. The van der Waals surface area contributed by atoms with Crippen molar-refractivity contribution in [1.82, 2.24) is 4.90 Å². The van der Waals surface area contributed by atoms with Crippen LogP contribution in [0.3, 0.4) is 0 Å². The number of nitrogens with zero attached hydrogens (tertiary/aromatic N) is 2. The van der Waals surface area contributed by atoms with E-state index in [2.05, 4.69) is 42.2 Å². The lowest BCUT2D eigenvalue weighted by Gasteiger charge is -2.37. The topological polar surface area (TPSA) is 23.6 Å². The van der Waals surface area contributed by atoms with Gasteiger partial charge in [0.15, 0.2) is 0 Å². The molecule has 3 nitrogen and oxygen atoms in total. The first-order valence-corrected chi connectivity index (χ1v) is 9.60. The molecule has 1 atom stereocenters. The number of hydrogen-bond donors (Lipinski definition) is 0. The molecule has 0 unspecified atom stereocenters. The molecule has 0 spiro atoms. The van der Waals surface area contributed by atoms with E-state index in [1.54, 1.807) is 0 Å². The van der Waals surface area contributed by atoms with Crippen molar-refractivity contribution in [3.05, 3.63) is 96.1 Å². The van der Waals surface area contributed by atoms with E-state index in [4.69, 9.17) is 0 Å². The summed E-state index contributed by atoms with van der Waals surface area (Å²) in [5.41, 5.74) is 4.06. The predicted octanol–water partition coefficient (Wildman–Crippen LogP) is 5.78. The van der Waals surface area contributed by atoms with Crippen LogP contribution in [-0.4, -0.2) is 17.4 Å². The quantitative estimate of drug-likeness (QED) is 0.559. The molecule has 0 aliphatic carbocycles. The van der Waals surface area contributed by atoms with Gasteiger partial charge in [-0.25, -0.2) is 0 Å². The minimum absolute atomic E-state index is 0.126. The largest absolute Gasteiger partial charge is 0.316 e. The van der Waals surface area contributed by atoms with Crippen LogP contribution < -0.4 is 4.90 Å². The van der Waals surface area contributed by atoms with Gasteiger partial charge in [-0.15, -0.1) is 0 Å². The number of unbranched alkanes of at least 4 members (excludes halogenated alkanes) is 1. The van der Waals surface area contributed by atoms with Crippen LogP contribution in [0.5, 0.6) is 0 Å². The van der Waals surface area contributed by atoms with E-state index in [9.17, 15) is 4.79 Å². The molecule has 1 aliphatic rings. The number of carbonyl (C=O) groups excluding carboxylic acids is 1. The Morgan fingerprint density at radius 3 is 1.96 bits per heavy atom. The zero-order valence-corrected chi connectivity index (χ0v) is 15.6. The standard InChI is InChI=1S/C24H24N2O/c1-2-3-18-25-23(21-16-10-11-17-22(21)24(25)27)26(19-12-6-4-7-13-19)20-14-8-5-9-15-20/h4-17,23H,2-3,18H2,1H3/t23-/m0/s1. The second kappa shape index (κ2) is 7.67. The molecule has 0 radical (unpaired) electrons.